The van der Waals surface area contributed by atoms with Crippen LogP contribution in [0.5, 0.6) is 0 Å². The Hall–Kier alpha value is -1.84. The average Bonchev–Trinajstić information content (AvgIpc) is 2.44. The monoisotopic (exact) mass is 304 g/mol. The van der Waals surface area contributed by atoms with Gasteiger partial charge in [-0.2, -0.15) is 4.98 Å². The van der Waals surface area contributed by atoms with Gasteiger partial charge in [-0.25, -0.2) is 4.79 Å². The molecular formula is C15H10Cl2N2O. The first-order valence-corrected chi connectivity index (χ1v) is 6.75. The predicted octanol–water partition coefficient (Wildman–Crippen LogP) is 3.91. The fourth-order valence-electron chi connectivity index (χ4n) is 2.17. The van der Waals surface area contributed by atoms with Gasteiger partial charge in [-0.3, -0.25) is 4.57 Å². The van der Waals surface area contributed by atoms with E-state index in [1.807, 2.05) is 24.3 Å². The molecule has 100 valence electrons. The van der Waals surface area contributed by atoms with Crippen LogP contribution in [0.2, 0.25) is 10.0 Å². The van der Waals surface area contributed by atoms with Crippen molar-refractivity contribution in [3.63, 3.8) is 0 Å². The average molecular weight is 305 g/mol. The van der Waals surface area contributed by atoms with E-state index >= 15 is 0 Å². The van der Waals surface area contributed by atoms with E-state index in [-0.39, 0.29) is 5.69 Å². The van der Waals surface area contributed by atoms with E-state index in [1.165, 1.54) is 4.57 Å². The second-order valence-electron chi connectivity index (χ2n) is 4.44. The van der Waals surface area contributed by atoms with E-state index in [9.17, 15) is 4.79 Å². The smallest absolute Gasteiger partial charge is 0.295 e. The van der Waals surface area contributed by atoms with Gasteiger partial charge in [-0.1, -0.05) is 41.4 Å². The van der Waals surface area contributed by atoms with Gasteiger partial charge < -0.3 is 0 Å². The second kappa shape index (κ2) is 4.93. The summed E-state index contributed by atoms with van der Waals surface area (Å²) in [6.07, 6.45) is 0. The summed E-state index contributed by atoms with van der Waals surface area (Å²) < 4.78 is 1.49. The first kappa shape index (κ1) is 13.2. The van der Waals surface area contributed by atoms with E-state index in [0.717, 1.165) is 16.5 Å². The number of hydrogen-bond donors (Lipinski definition) is 0. The first-order valence-electron chi connectivity index (χ1n) is 5.99. The maximum absolute atomic E-state index is 12.0. The predicted molar refractivity (Wildman–Crippen MR) is 82.4 cm³/mol. The molecule has 0 unspecified atom stereocenters. The van der Waals surface area contributed by atoms with Crippen LogP contribution in [-0.2, 0) is 7.05 Å². The molecule has 0 spiro atoms. The number of rotatable bonds is 1. The number of nitrogens with zero attached hydrogens (tertiary/aromatic N) is 2. The van der Waals surface area contributed by atoms with Crippen molar-refractivity contribution in [1.29, 1.82) is 0 Å². The maximum Gasteiger partial charge on any atom is 0.348 e. The van der Waals surface area contributed by atoms with Crippen LogP contribution in [0, 0.1) is 0 Å². The van der Waals surface area contributed by atoms with Gasteiger partial charge in [-0.05, 0) is 24.3 Å². The topological polar surface area (TPSA) is 34.9 Å². The SMILES string of the molecule is Cn1c(=O)nc(-c2ccc(Cl)cc2)c2c(Cl)cccc21. The lowest BCUT2D eigenvalue weighted by molar-refractivity contribution is 0.855. The Morgan fingerprint density at radius 3 is 2.45 bits per heavy atom. The zero-order valence-electron chi connectivity index (χ0n) is 10.6. The maximum atomic E-state index is 12.0. The minimum absolute atomic E-state index is 0.315. The summed E-state index contributed by atoms with van der Waals surface area (Å²) >= 11 is 12.2. The highest BCUT2D eigenvalue weighted by molar-refractivity contribution is 6.36. The molecule has 3 nitrogen and oxygen atoms in total. The quantitative estimate of drug-likeness (QED) is 0.683. The lowest BCUT2D eigenvalue weighted by atomic mass is 10.1. The summed E-state index contributed by atoms with van der Waals surface area (Å²) in [5, 5.41) is 1.96. The molecule has 20 heavy (non-hydrogen) atoms. The largest absolute Gasteiger partial charge is 0.348 e. The minimum atomic E-state index is -0.315. The fraction of sp³-hybridized carbons (Fsp3) is 0.0667. The highest BCUT2D eigenvalue weighted by Gasteiger charge is 2.12. The molecule has 0 saturated heterocycles. The van der Waals surface area contributed by atoms with Gasteiger partial charge in [0.15, 0.2) is 0 Å². The van der Waals surface area contributed by atoms with Crippen molar-refractivity contribution in [3.05, 3.63) is 63.0 Å². The third-order valence-corrected chi connectivity index (χ3v) is 3.77. The van der Waals surface area contributed by atoms with E-state index < -0.39 is 0 Å². The summed E-state index contributed by atoms with van der Waals surface area (Å²) in [6, 6.07) is 12.6. The molecule has 0 atom stereocenters. The van der Waals surface area contributed by atoms with Crippen LogP contribution in [0.15, 0.2) is 47.3 Å². The standard InChI is InChI=1S/C15H10Cl2N2O/c1-19-12-4-2-3-11(17)13(12)14(18-15(19)20)9-5-7-10(16)8-6-9/h2-8H,1H3. The van der Waals surface area contributed by atoms with Gasteiger partial charge in [0.2, 0.25) is 0 Å². The molecule has 0 saturated carbocycles. The van der Waals surface area contributed by atoms with Crippen molar-refractivity contribution in [1.82, 2.24) is 9.55 Å². The Labute approximate surface area is 125 Å². The van der Waals surface area contributed by atoms with Crippen LogP contribution in [-0.4, -0.2) is 9.55 Å². The summed E-state index contributed by atoms with van der Waals surface area (Å²) in [6.45, 7) is 0. The van der Waals surface area contributed by atoms with Crippen LogP contribution in [0.4, 0.5) is 0 Å². The van der Waals surface area contributed by atoms with E-state index in [4.69, 9.17) is 23.2 Å². The molecule has 0 radical (unpaired) electrons. The molecule has 0 aliphatic rings. The number of hydrogen-bond acceptors (Lipinski definition) is 2. The summed E-state index contributed by atoms with van der Waals surface area (Å²) in [4.78, 5) is 16.1. The molecule has 0 amide bonds. The number of fused-ring (bicyclic) bond motifs is 1. The molecule has 0 N–H and O–H groups in total. The van der Waals surface area contributed by atoms with Crippen LogP contribution in [0.3, 0.4) is 0 Å². The highest BCUT2D eigenvalue weighted by Crippen LogP contribution is 2.31. The van der Waals surface area contributed by atoms with Gasteiger partial charge in [0, 0.05) is 23.0 Å². The minimum Gasteiger partial charge on any atom is -0.295 e. The zero-order valence-corrected chi connectivity index (χ0v) is 12.1. The molecule has 2 aromatic carbocycles. The number of aryl methyl sites for hydroxylation is 1. The molecule has 0 aliphatic carbocycles. The van der Waals surface area contributed by atoms with Crippen molar-refractivity contribution in [2.75, 3.05) is 0 Å². The lowest BCUT2D eigenvalue weighted by Crippen LogP contribution is -2.21. The Morgan fingerprint density at radius 2 is 1.75 bits per heavy atom. The van der Waals surface area contributed by atoms with Gasteiger partial charge in [0.05, 0.1) is 16.2 Å². The van der Waals surface area contributed by atoms with Crippen LogP contribution in [0.1, 0.15) is 0 Å². The van der Waals surface area contributed by atoms with Gasteiger partial charge in [0.25, 0.3) is 0 Å². The van der Waals surface area contributed by atoms with E-state index in [1.54, 1.807) is 25.2 Å². The Bertz CT molecular complexity index is 854. The molecule has 1 heterocycles. The van der Waals surface area contributed by atoms with E-state index in [0.29, 0.717) is 15.7 Å². The molecular weight excluding hydrogens is 295 g/mol. The van der Waals surface area contributed by atoms with Crippen molar-refractivity contribution in [2.24, 2.45) is 7.05 Å². The Kier molecular flexibility index (Phi) is 3.24. The second-order valence-corrected chi connectivity index (χ2v) is 5.29. The Morgan fingerprint density at radius 1 is 1.05 bits per heavy atom. The van der Waals surface area contributed by atoms with Gasteiger partial charge in [-0.15, -0.1) is 0 Å². The molecule has 1 aromatic heterocycles. The molecule has 0 aliphatic heterocycles. The highest BCUT2D eigenvalue weighted by atomic mass is 35.5. The molecule has 3 rings (SSSR count). The van der Waals surface area contributed by atoms with E-state index in [2.05, 4.69) is 4.98 Å². The van der Waals surface area contributed by atoms with Crippen molar-refractivity contribution >= 4 is 34.1 Å². The lowest BCUT2D eigenvalue weighted by Gasteiger charge is -2.10. The van der Waals surface area contributed by atoms with Crippen LogP contribution in [0.25, 0.3) is 22.2 Å². The summed E-state index contributed by atoms with van der Waals surface area (Å²) in [5.41, 5.74) is 1.82. The number of aromatic nitrogens is 2. The number of benzene rings is 2. The van der Waals surface area contributed by atoms with Gasteiger partial charge >= 0.3 is 5.69 Å². The van der Waals surface area contributed by atoms with Crippen molar-refractivity contribution < 1.29 is 0 Å². The number of halogens is 2. The van der Waals surface area contributed by atoms with Gasteiger partial charge in [0.1, 0.15) is 0 Å². The zero-order chi connectivity index (χ0) is 14.3. The molecule has 0 fully saturated rings. The third-order valence-electron chi connectivity index (χ3n) is 3.20. The van der Waals surface area contributed by atoms with Crippen LogP contribution >= 0.6 is 23.2 Å². The normalized spacial score (nSPS) is 10.9. The third kappa shape index (κ3) is 2.09. The van der Waals surface area contributed by atoms with Crippen molar-refractivity contribution in [3.8, 4) is 11.3 Å². The fourth-order valence-corrected chi connectivity index (χ4v) is 2.56. The summed E-state index contributed by atoms with van der Waals surface area (Å²) in [5.74, 6) is 0. The molecule has 5 heteroatoms. The molecule has 0 bridgehead atoms. The van der Waals surface area contributed by atoms with Crippen molar-refractivity contribution in [2.45, 2.75) is 0 Å². The first-order chi connectivity index (χ1) is 9.58. The molecule has 3 aromatic rings. The summed E-state index contributed by atoms with van der Waals surface area (Å²) in [7, 11) is 1.68. The van der Waals surface area contributed by atoms with Crippen LogP contribution < -0.4 is 5.69 Å². The Balaban J connectivity index is 2.44.